The molecule has 2 atom stereocenters. The summed E-state index contributed by atoms with van der Waals surface area (Å²) in [5, 5.41) is 0. The van der Waals surface area contributed by atoms with Crippen LogP contribution in [0.1, 0.15) is 19.4 Å². The average Bonchev–Trinajstić information content (AvgIpc) is 3.10. The highest BCUT2D eigenvalue weighted by Crippen LogP contribution is 2.60. The molecule has 0 N–H and O–H groups in total. The number of ether oxygens (including phenoxy) is 2. The molecule has 1 aliphatic heterocycles. The van der Waals surface area contributed by atoms with Crippen LogP contribution in [0.25, 0.3) is 6.08 Å². The summed E-state index contributed by atoms with van der Waals surface area (Å²) in [5.41, 5.74) is 0.562. The van der Waals surface area contributed by atoms with Gasteiger partial charge in [-0.15, -0.1) is 0 Å². The Kier molecular flexibility index (Phi) is 7.30. The molecule has 1 heterocycles. The van der Waals surface area contributed by atoms with Gasteiger partial charge in [0, 0.05) is 7.11 Å². The standard InChI is InChI=1S/C21H21Cl2NO4S2/c1-21(2)14(11-16(22)23)17(21)19(26)28-13-6-4-12(5-7-13)10-15-18(25)24(8-9-27-3)20(29)30-15/h4-7,10-11,14,17H,8-9H2,1-3H3/b15-10-/t14-,17+/m1/s1. The summed E-state index contributed by atoms with van der Waals surface area (Å²) in [5.74, 6) is -0.354. The normalized spacial score (nSPS) is 23.6. The van der Waals surface area contributed by atoms with Crippen LogP contribution in [0.5, 0.6) is 5.75 Å². The highest BCUT2D eigenvalue weighted by molar-refractivity contribution is 8.26. The molecular weight excluding hydrogens is 465 g/mol. The van der Waals surface area contributed by atoms with Crippen molar-refractivity contribution >= 4 is 69.5 Å². The molecule has 5 nitrogen and oxygen atoms in total. The molecule has 1 saturated heterocycles. The highest BCUT2D eigenvalue weighted by atomic mass is 35.5. The Morgan fingerprint density at radius 2 is 1.97 bits per heavy atom. The summed E-state index contributed by atoms with van der Waals surface area (Å²) in [4.78, 5) is 27.1. The number of carbonyl (C=O) groups excluding carboxylic acids is 2. The fourth-order valence-corrected chi connectivity index (χ4v) is 4.99. The van der Waals surface area contributed by atoms with E-state index >= 15 is 0 Å². The Bertz CT molecular complexity index is 923. The van der Waals surface area contributed by atoms with E-state index in [1.807, 2.05) is 13.8 Å². The topological polar surface area (TPSA) is 55.8 Å². The van der Waals surface area contributed by atoms with Crippen molar-refractivity contribution < 1.29 is 19.1 Å². The van der Waals surface area contributed by atoms with Crippen LogP contribution in [0.15, 0.2) is 39.7 Å². The molecule has 1 aromatic rings. The molecule has 1 aromatic carbocycles. The number of rotatable bonds is 7. The average molecular weight is 486 g/mol. The van der Waals surface area contributed by atoms with Crippen molar-refractivity contribution in [3.8, 4) is 5.75 Å². The van der Waals surface area contributed by atoms with Crippen molar-refractivity contribution in [2.75, 3.05) is 20.3 Å². The lowest BCUT2D eigenvalue weighted by molar-refractivity contribution is -0.136. The molecule has 1 amide bonds. The molecule has 2 fully saturated rings. The van der Waals surface area contributed by atoms with Crippen molar-refractivity contribution in [1.29, 1.82) is 0 Å². The maximum absolute atomic E-state index is 12.5. The third-order valence-electron chi connectivity index (χ3n) is 5.26. The summed E-state index contributed by atoms with van der Waals surface area (Å²) in [7, 11) is 1.58. The van der Waals surface area contributed by atoms with Gasteiger partial charge < -0.3 is 9.47 Å². The van der Waals surface area contributed by atoms with Crippen LogP contribution in [0, 0.1) is 17.3 Å². The SMILES string of the molecule is COCCN1C(=O)/C(=C/c2ccc(OC(=O)[C@@H]3[C@@H](C=C(Cl)Cl)C3(C)C)cc2)SC1=S. The first-order valence-corrected chi connectivity index (χ1v) is 11.2. The Labute approximate surface area is 195 Å². The van der Waals surface area contributed by atoms with Gasteiger partial charge in [0.05, 0.1) is 24.0 Å². The molecule has 0 bridgehead atoms. The third-order valence-corrected chi connectivity index (χ3v) is 6.89. The van der Waals surface area contributed by atoms with Gasteiger partial charge in [-0.3, -0.25) is 14.5 Å². The summed E-state index contributed by atoms with van der Waals surface area (Å²) in [6.45, 7) is 4.80. The molecule has 0 aromatic heterocycles. The van der Waals surface area contributed by atoms with E-state index < -0.39 is 0 Å². The molecule has 9 heteroatoms. The largest absolute Gasteiger partial charge is 0.426 e. The Balaban J connectivity index is 1.64. The lowest BCUT2D eigenvalue weighted by atomic mass is 10.1. The fourth-order valence-electron chi connectivity index (χ4n) is 3.41. The minimum atomic E-state index is -0.317. The first-order chi connectivity index (χ1) is 14.1. The number of thioether (sulfide) groups is 1. The number of esters is 1. The number of allylic oxidation sites excluding steroid dienone is 1. The van der Waals surface area contributed by atoms with Crippen molar-refractivity contribution in [2.24, 2.45) is 17.3 Å². The number of methoxy groups -OCH3 is 1. The lowest BCUT2D eigenvalue weighted by Crippen LogP contribution is -2.31. The Morgan fingerprint density at radius 1 is 1.30 bits per heavy atom. The van der Waals surface area contributed by atoms with Crippen LogP contribution in [-0.4, -0.2) is 41.4 Å². The number of hydrogen-bond donors (Lipinski definition) is 0. The molecule has 0 unspecified atom stereocenters. The molecule has 160 valence electrons. The molecular formula is C21H21Cl2NO4S2. The predicted octanol–water partition coefficient (Wildman–Crippen LogP) is 5.03. The molecule has 30 heavy (non-hydrogen) atoms. The Morgan fingerprint density at radius 3 is 2.57 bits per heavy atom. The van der Waals surface area contributed by atoms with Gasteiger partial charge in [-0.2, -0.15) is 0 Å². The minimum absolute atomic E-state index is 0.0469. The van der Waals surface area contributed by atoms with Crippen LogP contribution in [0.2, 0.25) is 0 Å². The van der Waals surface area contributed by atoms with Crippen LogP contribution in [-0.2, 0) is 14.3 Å². The summed E-state index contributed by atoms with van der Waals surface area (Å²) in [6, 6.07) is 6.97. The van der Waals surface area contributed by atoms with Gasteiger partial charge >= 0.3 is 5.97 Å². The van der Waals surface area contributed by atoms with E-state index in [9.17, 15) is 9.59 Å². The van der Waals surface area contributed by atoms with Crippen molar-refractivity contribution in [1.82, 2.24) is 4.90 Å². The second-order valence-corrected chi connectivity index (χ2v) is 10.3. The maximum atomic E-state index is 12.5. The van der Waals surface area contributed by atoms with E-state index in [4.69, 9.17) is 44.9 Å². The number of nitrogens with zero attached hydrogens (tertiary/aromatic N) is 1. The summed E-state index contributed by atoms with van der Waals surface area (Å²) < 4.78 is 11.2. The van der Waals surface area contributed by atoms with Crippen LogP contribution < -0.4 is 4.74 Å². The van der Waals surface area contributed by atoms with E-state index in [-0.39, 0.29) is 33.6 Å². The maximum Gasteiger partial charge on any atom is 0.315 e. The lowest BCUT2D eigenvalue weighted by Gasteiger charge is -2.12. The monoisotopic (exact) mass is 485 g/mol. The number of amides is 1. The molecule has 2 aliphatic rings. The van der Waals surface area contributed by atoms with E-state index in [1.165, 1.54) is 16.7 Å². The quantitative estimate of drug-likeness (QED) is 0.233. The van der Waals surface area contributed by atoms with Crippen molar-refractivity contribution in [3.05, 3.63) is 45.3 Å². The van der Waals surface area contributed by atoms with Crippen LogP contribution in [0.3, 0.4) is 0 Å². The van der Waals surface area contributed by atoms with Crippen molar-refractivity contribution in [2.45, 2.75) is 13.8 Å². The van der Waals surface area contributed by atoms with Gasteiger partial charge in [-0.05, 0) is 41.2 Å². The van der Waals surface area contributed by atoms with E-state index in [0.717, 1.165) is 5.56 Å². The number of benzene rings is 1. The number of carbonyl (C=O) groups is 2. The summed E-state index contributed by atoms with van der Waals surface area (Å²) in [6.07, 6.45) is 3.45. The number of halogens is 2. The first kappa shape index (κ1) is 23.3. The van der Waals surface area contributed by atoms with Gasteiger partial charge in [0.2, 0.25) is 0 Å². The molecule has 3 rings (SSSR count). The fraction of sp³-hybridized carbons (Fsp3) is 0.381. The molecule has 1 aliphatic carbocycles. The zero-order valence-electron chi connectivity index (χ0n) is 16.7. The van der Waals surface area contributed by atoms with E-state index in [1.54, 1.807) is 43.5 Å². The zero-order valence-corrected chi connectivity index (χ0v) is 19.8. The first-order valence-electron chi connectivity index (χ1n) is 9.24. The number of hydrogen-bond acceptors (Lipinski definition) is 6. The second kappa shape index (κ2) is 9.40. The zero-order chi connectivity index (χ0) is 22.1. The smallest absolute Gasteiger partial charge is 0.315 e. The van der Waals surface area contributed by atoms with E-state index in [2.05, 4.69) is 0 Å². The van der Waals surface area contributed by atoms with Crippen LogP contribution in [0.4, 0.5) is 0 Å². The summed E-state index contributed by atoms with van der Waals surface area (Å²) >= 11 is 18.0. The molecule has 0 spiro atoms. The number of thiocarbonyl (C=S) groups is 1. The van der Waals surface area contributed by atoms with Gasteiger partial charge in [0.25, 0.3) is 5.91 Å². The highest BCUT2D eigenvalue weighted by Gasteiger charge is 2.61. The van der Waals surface area contributed by atoms with E-state index in [0.29, 0.717) is 28.1 Å². The van der Waals surface area contributed by atoms with Crippen molar-refractivity contribution in [3.63, 3.8) is 0 Å². The molecule has 1 saturated carbocycles. The van der Waals surface area contributed by atoms with Crippen LogP contribution >= 0.6 is 47.2 Å². The molecule has 0 radical (unpaired) electrons. The van der Waals surface area contributed by atoms with Gasteiger partial charge in [-0.25, -0.2) is 0 Å². The second-order valence-electron chi connectivity index (χ2n) is 7.60. The predicted molar refractivity (Wildman–Crippen MR) is 124 cm³/mol. The third kappa shape index (κ3) is 5.08. The Hall–Kier alpha value is -1.38. The van der Waals surface area contributed by atoms with Gasteiger partial charge in [0.1, 0.15) is 14.6 Å². The van der Waals surface area contributed by atoms with Gasteiger partial charge in [0.15, 0.2) is 0 Å². The van der Waals surface area contributed by atoms with Gasteiger partial charge in [-0.1, -0.05) is 73.2 Å². The minimum Gasteiger partial charge on any atom is -0.426 e.